The molecule has 0 aliphatic rings. The molecular formula is C10H12O5. The predicted molar refractivity (Wildman–Crippen MR) is 51.2 cm³/mol. The second-order valence-corrected chi connectivity index (χ2v) is 2.84. The van der Waals surface area contributed by atoms with Crippen LogP contribution in [0.5, 0.6) is 0 Å². The van der Waals surface area contributed by atoms with Crippen LogP contribution in [0.25, 0.3) is 0 Å². The normalized spacial score (nSPS) is 8.67. The molecule has 5 heteroatoms. The van der Waals surface area contributed by atoms with Crippen LogP contribution < -0.4 is 0 Å². The Morgan fingerprint density at radius 1 is 1.33 bits per heavy atom. The molecular weight excluding hydrogens is 200 g/mol. The summed E-state index contributed by atoms with van der Waals surface area (Å²) in [6.45, 7) is 2.57. The number of carboxylic acid groups (broad SMARTS) is 1. The maximum Gasteiger partial charge on any atom is 0.339 e. The second kappa shape index (κ2) is 6.56. The van der Waals surface area contributed by atoms with Crippen molar-refractivity contribution in [2.24, 2.45) is 0 Å². The molecule has 0 spiro atoms. The summed E-state index contributed by atoms with van der Waals surface area (Å²) in [6.07, 6.45) is 1.01. The third-order valence-corrected chi connectivity index (χ3v) is 1.36. The van der Waals surface area contributed by atoms with Gasteiger partial charge in [0.15, 0.2) is 0 Å². The van der Waals surface area contributed by atoms with Crippen molar-refractivity contribution in [1.82, 2.24) is 0 Å². The summed E-state index contributed by atoms with van der Waals surface area (Å²) in [7, 11) is 0. The third-order valence-electron chi connectivity index (χ3n) is 1.36. The Morgan fingerprint density at radius 3 is 2.40 bits per heavy atom. The summed E-state index contributed by atoms with van der Waals surface area (Å²) in [6, 6.07) is 0. The fraction of sp³-hybridized carbons (Fsp3) is 0.400. The number of ketones is 1. The number of esters is 1. The van der Waals surface area contributed by atoms with Crippen LogP contribution in [0.1, 0.15) is 20.3 Å². The molecule has 0 unspecified atom stereocenters. The van der Waals surface area contributed by atoms with Crippen LogP contribution in [0.2, 0.25) is 0 Å². The molecule has 0 amide bonds. The first-order chi connectivity index (χ1) is 6.93. The Morgan fingerprint density at radius 2 is 1.93 bits per heavy atom. The monoisotopic (exact) mass is 212 g/mol. The summed E-state index contributed by atoms with van der Waals surface area (Å²) in [5, 5.41) is 8.44. The first kappa shape index (κ1) is 13.1. The summed E-state index contributed by atoms with van der Waals surface area (Å²) < 4.78 is 4.60. The zero-order chi connectivity index (χ0) is 11.8. The number of ether oxygens (including phenoxy) is 1. The van der Waals surface area contributed by atoms with Gasteiger partial charge in [-0.2, -0.15) is 0 Å². The van der Waals surface area contributed by atoms with Crippen LogP contribution in [0.4, 0.5) is 0 Å². The average molecular weight is 212 g/mol. The van der Waals surface area contributed by atoms with Gasteiger partial charge in [-0.25, -0.2) is 4.79 Å². The van der Waals surface area contributed by atoms with Gasteiger partial charge in [0, 0.05) is 0 Å². The van der Waals surface area contributed by atoms with Gasteiger partial charge in [-0.05, 0) is 19.9 Å². The lowest BCUT2D eigenvalue weighted by Gasteiger charge is -1.97. The molecule has 1 N–H and O–H groups in total. The van der Waals surface area contributed by atoms with Gasteiger partial charge in [0.1, 0.15) is 18.8 Å². The van der Waals surface area contributed by atoms with E-state index in [-0.39, 0.29) is 24.4 Å². The molecule has 0 aliphatic carbocycles. The van der Waals surface area contributed by atoms with E-state index in [0.29, 0.717) is 0 Å². The summed E-state index contributed by atoms with van der Waals surface area (Å²) >= 11 is 0. The lowest BCUT2D eigenvalue weighted by Crippen LogP contribution is -2.08. The van der Waals surface area contributed by atoms with Crippen molar-refractivity contribution in [3.63, 3.8) is 0 Å². The van der Waals surface area contributed by atoms with E-state index >= 15 is 0 Å². The largest absolute Gasteiger partial charge is 0.477 e. The molecule has 0 atom stereocenters. The summed E-state index contributed by atoms with van der Waals surface area (Å²) in [5.41, 5.74) is 2.45. The fourth-order valence-corrected chi connectivity index (χ4v) is 0.645. The second-order valence-electron chi connectivity index (χ2n) is 2.84. The molecule has 0 aromatic rings. The number of Topliss-reactive ketones (excluding diaryl/α,β-unsaturated/α-hetero) is 1. The fourth-order valence-electron chi connectivity index (χ4n) is 0.645. The zero-order valence-corrected chi connectivity index (χ0v) is 8.57. The highest BCUT2D eigenvalue weighted by Crippen LogP contribution is 1.90. The molecule has 15 heavy (non-hydrogen) atoms. The minimum Gasteiger partial charge on any atom is -0.477 e. The maximum absolute atomic E-state index is 10.8. The van der Waals surface area contributed by atoms with Crippen molar-refractivity contribution in [3.8, 4) is 0 Å². The lowest BCUT2D eigenvalue weighted by atomic mass is 10.3. The molecule has 5 nitrogen and oxygen atoms in total. The Hall–Kier alpha value is -1.87. The molecule has 0 aromatic heterocycles. The third kappa shape index (κ3) is 7.22. The Balaban J connectivity index is 3.99. The maximum atomic E-state index is 10.8. The van der Waals surface area contributed by atoms with Crippen molar-refractivity contribution < 1.29 is 24.2 Å². The molecule has 0 fully saturated rings. The van der Waals surface area contributed by atoms with Crippen molar-refractivity contribution in [2.75, 3.05) is 6.61 Å². The van der Waals surface area contributed by atoms with E-state index < -0.39 is 11.9 Å². The van der Waals surface area contributed by atoms with Gasteiger partial charge in [-0.3, -0.25) is 9.59 Å². The van der Waals surface area contributed by atoms with E-state index in [2.05, 4.69) is 10.5 Å². The van der Waals surface area contributed by atoms with E-state index in [0.717, 1.165) is 0 Å². The van der Waals surface area contributed by atoms with Gasteiger partial charge >= 0.3 is 11.9 Å². The van der Waals surface area contributed by atoms with Gasteiger partial charge in [0.25, 0.3) is 0 Å². The predicted octanol–water partition coefficient (Wildman–Crippen LogP) is 0.695. The number of aliphatic carboxylic acids is 1. The molecule has 0 aliphatic heterocycles. The van der Waals surface area contributed by atoms with E-state index in [1.807, 2.05) is 0 Å². The highest BCUT2D eigenvalue weighted by molar-refractivity contribution is 5.94. The number of hydrogen-bond donors (Lipinski definition) is 1. The molecule has 0 saturated carbocycles. The minimum absolute atomic E-state index is 0.0256. The van der Waals surface area contributed by atoms with Gasteiger partial charge in [-0.15, -0.1) is 5.73 Å². The van der Waals surface area contributed by atoms with Crippen LogP contribution >= 0.6 is 0 Å². The zero-order valence-electron chi connectivity index (χ0n) is 8.57. The Bertz CT molecular complexity index is 334. The molecule has 82 valence electrons. The highest BCUT2D eigenvalue weighted by Gasteiger charge is 2.04. The van der Waals surface area contributed by atoms with Crippen molar-refractivity contribution >= 4 is 17.7 Å². The first-order valence-electron chi connectivity index (χ1n) is 4.23. The SMILES string of the molecule is CC(=O)CC(=O)OCC=C=C(C)C(=O)O. The topological polar surface area (TPSA) is 80.7 Å². The standard InChI is InChI=1S/C10H12O5/c1-7(10(13)14)4-3-5-15-9(12)6-8(2)11/h3H,5-6H2,1-2H3,(H,13,14). The molecule has 0 radical (unpaired) electrons. The Labute approximate surface area is 87.0 Å². The van der Waals surface area contributed by atoms with Crippen LogP contribution in [0, 0.1) is 0 Å². The van der Waals surface area contributed by atoms with Gasteiger partial charge < -0.3 is 9.84 Å². The minimum atomic E-state index is -1.08. The molecule has 0 saturated heterocycles. The highest BCUT2D eigenvalue weighted by atomic mass is 16.5. The lowest BCUT2D eigenvalue weighted by molar-refractivity contribution is -0.144. The smallest absolute Gasteiger partial charge is 0.339 e. The number of hydrogen-bond acceptors (Lipinski definition) is 4. The quantitative estimate of drug-likeness (QED) is 0.314. The van der Waals surface area contributed by atoms with Crippen molar-refractivity contribution in [3.05, 3.63) is 17.4 Å². The van der Waals surface area contributed by atoms with E-state index in [1.54, 1.807) is 0 Å². The number of carbonyl (C=O) groups excluding carboxylic acids is 2. The van der Waals surface area contributed by atoms with Crippen LogP contribution in [0.3, 0.4) is 0 Å². The number of carbonyl (C=O) groups is 3. The molecule has 0 heterocycles. The summed E-state index contributed by atoms with van der Waals surface area (Å²) in [5.74, 6) is -1.99. The van der Waals surface area contributed by atoms with Crippen LogP contribution in [-0.4, -0.2) is 29.4 Å². The van der Waals surface area contributed by atoms with Crippen molar-refractivity contribution in [1.29, 1.82) is 0 Å². The van der Waals surface area contributed by atoms with Crippen molar-refractivity contribution in [2.45, 2.75) is 20.3 Å². The van der Waals surface area contributed by atoms with Gasteiger partial charge in [0.2, 0.25) is 0 Å². The van der Waals surface area contributed by atoms with E-state index in [1.165, 1.54) is 19.9 Å². The Kier molecular flexibility index (Phi) is 5.75. The van der Waals surface area contributed by atoms with Gasteiger partial charge in [-0.1, -0.05) is 0 Å². The first-order valence-corrected chi connectivity index (χ1v) is 4.23. The average Bonchev–Trinajstić information content (AvgIpc) is 2.10. The van der Waals surface area contributed by atoms with Gasteiger partial charge in [0.05, 0.1) is 5.57 Å². The van der Waals surface area contributed by atoms with E-state index in [9.17, 15) is 14.4 Å². The van der Waals surface area contributed by atoms with Crippen LogP contribution in [0.15, 0.2) is 17.4 Å². The van der Waals surface area contributed by atoms with E-state index in [4.69, 9.17) is 5.11 Å². The number of rotatable bonds is 5. The molecule has 0 aromatic carbocycles. The molecule has 0 bridgehead atoms. The number of carboxylic acids is 1. The van der Waals surface area contributed by atoms with Crippen LogP contribution in [-0.2, 0) is 19.1 Å². The molecule has 0 rings (SSSR count). The summed E-state index contributed by atoms with van der Waals surface area (Å²) in [4.78, 5) is 31.6.